The van der Waals surface area contributed by atoms with Crippen molar-refractivity contribution in [1.82, 2.24) is 0 Å². The normalized spacial score (nSPS) is 15.2. The van der Waals surface area contributed by atoms with Crippen LogP contribution in [0, 0.1) is 0 Å². The first-order chi connectivity index (χ1) is 5.43. The lowest BCUT2D eigenvalue weighted by molar-refractivity contribution is -0.160. The van der Waals surface area contributed by atoms with E-state index < -0.39 is 30.7 Å². The maximum Gasteiger partial charge on any atom is 0.333 e. The van der Waals surface area contributed by atoms with Gasteiger partial charge in [0, 0.05) is 0 Å². The molecule has 0 radical (unpaired) electrons. The van der Waals surface area contributed by atoms with E-state index in [-0.39, 0.29) is 0 Å². The summed E-state index contributed by atoms with van der Waals surface area (Å²) in [4.78, 5) is 20.4. The highest BCUT2D eigenvalue weighted by atomic mass is 16.5. The van der Waals surface area contributed by atoms with Crippen LogP contribution >= 0.6 is 0 Å². The lowest BCUT2D eigenvalue weighted by Gasteiger charge is -2.13. The Hall–Kier alpha value is -1.14. The second kappa shape index (κ2) is 4.68. The van der Waals surface area contributed by atoms with Crippen LogP contribution in [0.3, 0.4) is 0 Å². The van der Waals surface area contributed by atoms with Gasteiger partial charge in [0.1, 0.15) is 6.23 Å². The van der Waals surface area contributed by atoms with Crippen molar-refractivity contribution >= 4 is 11.9 Å². The second-order valence-electron chi connectivity index (χ2n) is 2.27. The Labute approximate surface area is 68.9 Å². The van der Waals surface area contributed by atoms with Gasteiger partial charge in [0.25, 0.3) is 0 Å². The van der Waals surface area contributed by atoms with E-state index in [4.69, 9.17) is 15.9 Å². The van der Waals surface area contributed by atoms with Crippen LogP contribution in [0.4, 0.5) is 0 Å². The Morgan fingerprint density at radius 3 is 2.25 bits per heavy atom. The Morgan fingerprint density at radius 2 is 2.00 bits per heavy atom. The standard InChI is InChI=1S/C6H11NO5/c1-3(7)12-4(6(10)11)2-5(8)9/h3-4H,2,7H2,1H3,(H,8,9)(H,10,11). The zero-order valence-electron chi connectivity index (χ0n) is 6.56. The van der Waals surface area contributed by atoms with Crippen LogP contribution in [-0.4, -0.2) is 34.5 Å². The Morgan fingerprint density at radius 1 is 1.50 bits per heavy atom. The Bertz CT molecular complexity index is 179. The number of carboxylic acids is 2. The van der Waals surface area contributed by atoms with Crippen LogP contribution in [0.2, 0.25) is 0 Å². The first-order valence-corrected chi connectivity index (χ1v) is 3.29. The number of hydrogen-bond acceptors (Lipinski definition) is 4. The molecule has 70 valence electrons. The fraction of sp³-hybridized carbons (Fsp3) is 0.667. The largest absolute Gasteiger partial charge is 0.481 e. The predicted octanol–water partition coefficient (Wildman–Crippen LogP) is -0.764. The molecule has 12 heavy (non-hydrogen) atoms. The monoisotopic (exact) mass is 177 g/mol. The van der Waals surface area contributed by atoms with Crippen molar-refractivity contribution in [3.05, 3.63) is 0 Å². The third-order valence-electron chi connectivity index (χ3n) is 1.01. The van der Waals surface area contributed by atoms with E-state index in [0.29, 0.717) is 0 Å². The van der Waals surface area contributed by atoms with E-state index in [9.17, 15) is 9.59 Å². The Balaban J connectivity index is 4.04. The summed E-state index contributed by atoms with van der Waals surface area (Å²) in [5.74, 6) is -2.56. The van der Waals surface area contributed by atoms with Crippen LogP contribution in [-0.2, 0) is 14.3 Å². The summed E-state index contributed by atoms with van der Waals surface area (Å²) >= 11 is 0. The molecule has 0 aliphatic carbocycles. The highest BCUT2D eigenvalue weighted by Gasteiger charge is 2.22. The molecule has 2 atom stereocenters. The molecule has 0 aromatic carbocycles. The minimum absolute atomic E-state index is 0.586. The minimum Gasteiger partial charge on any atom is -0.481 e. The van der Waals surface area contributed by atoms with Gasteiger partial charge in [-0.25, -0.2) is 4.79 Å². The van der Waals surface area contributed by atoms with Gasteiger partial charge in [-0.15, -0.1) is 0 Å². The number of carbonyl (C=O) groups is 2. The van der Waals surface area contributed by atoms with Crippen LogP contribution in [0.15, 0.2) is 0 Å². The summed E-state index contributed by atoms with van der Waals surface area (Å²) in [6.45, 7) is 1.43. The van der Waals surface area contributed by atoms with Gasteiger partial charge in [0.15, 0.2) is 6.10 Å². The number of hydrogen-bond donors (Lipinski definition) is 3. The maximum absolute atomic E-state index is 10.3. The van der Waals surface area contributed by atoms with Gasteiger partial charge in [-0.05, 0) is 6.92 Å². The van der Waals surface area contributed by atoms with E-state index in [1.165, 1.54) is 6.92 Å². The third kappa shape index (κ3) is 4.64. The van der Waals surface area contributed by atoms with Crippen LogP contribution in [0.25, 0.3) is 0 Å². The predicted molar refractivity (Wildman–Crippen MR) is 38.4 cm³/mol. The molecule has 0 aliphatic heterocycles. The van der Waals surface area contributed by atoms with Gasteiger partial charge in [-0.2, -0.15) is 0 Å². The molecule has 4 N–H and O–H groups in total. The molecule has 0 bridgehead atoms. The maximum atomic E-state index is 10.3. The molecule has 0 amide bonds. The first kappa shape index (κ1) is 10.9. The average Bonchev–Trinajstić information content (AvgIpc) is 1.83. The van der Waals surface area contributed by atoms with Gasteiger partial charge >= 0.3 is 11.9 Å². The number of nitrogens with two attached hydrogens (primary N) is 1. The van der Waals surface area contributed by atoms with Crippen molar-refractivity contribution in [1.29, 1.82) is 0 Å². The highest BCUT2D eigenvalue weighted by molar-refractivity contribution is 5.79. The molecule has 6 nitrogen and oxygen atoms in total. The molecular weight excluding hydrogens is 166 g/mol. The van der Waals surface area contributed by atoms with E-state index in [1.54, 1.807) is 0 Å². The van der Waals surface area contributed by atoms with Crippen molar-refractivity contribution in [2.45, 2.75) is 25.7 Å². The Kier molecular flexibility index (Phi) is 4.24. The van der Waals surface area contributed by atoms with Gasteiger partial charge in [-0.3, -0.25) is 4.79 Å². The molecule has 0 aromatic heterocycles. The van der Waals surface area contributed by atoms with E-state index >= 15 is 0 Å². The van der Waals surface area contributed by atoms with Crippen molar-refractivity contribution in [3.8, 4) is 0 Å². The van der Waals surface area contributed by atoms with E-state index in [2.05, 4.69) is 4.74 Å². The van der Waals surface area contributed by atoms with Crippen LogP contribution in [0.5, 0.6) is 0 Å². The average molecular weight is 177 g/mol. The molecule has 0 saturated heterocycles. The zero-order valence-corrected chi connectivity index (χ0v) is 6.56. The van der Waals surface area contributed by atoms with Gasteiger partial charge in [0.05, 0.1) is 6.42 Å². The van der Waals surface area contributed by atoms with Gasteiger partial charge < -0.3 is 20.7 Å². The topological polar surface area (TPSA) is 110 Å². The molecule has 0 heterocycles. The summed E-state index contributed by atoms with van der Waals surface area (Å²) in [5.41, 5.74) is 5.13. The number of aliphatic carboxylic acids is 2. The zero-order chi connectivity index (χ0) is 9.72. The SMILES string of the molecule is CC(N)OC(CC(=O)O)C(=O)O. The van der Waals surface area contributed by atoms with Gasteiger partial charge in [-0.1, -0.05) is 0 Å². The minimum atomic E-state index is -1.37. The third-order valence-corrected chi connectivity index (χ3v) is 1.01. The highest BCUT2D eigenvalue weighted by Crippen LogP contribution is 2.00. The van der Waals surface area contributed by atoms with Crippen molar-refractivity contribution in [2.75, 3.05) is 0 Å². The molecule has 0 aliphatic rings. The first-order valence-electron chi connectivity index (χ1n) is 3.29. The quantitative estimate of drug-likeness (QED) is 0.476. The van der Waals surface area contributed by atoms with E-state index in [0.717, 1.165) is 0 Å². The molecule has 6 heteroatoms. The van der Waals surface area contributed by atoms with Crippen LogP contribution < -0.4 is 5.73 Å². The fourth-order valence-corrected chi connectivity index (χ4v) is 0.611. The van der Waals surface area contributed by atoms with Crippen LogP contribution in [0.1, 0.15) is 13.3 Å². The fourth-order valence-electron chi connectivity index (χ4n) is 0.611. The molecular formula is C6H11NO5. The lowest BCUT2D eigenvalue weighted by Crippen LogP contribution is -2.34. The summed E-state index contributed by atoms with van der Waals surface area (Å²) < 4.78 is 4.62. The summed E-state index contributed by atoms with van der Waals surface area (Å²) in [7, 11) is 0. The molecule has 0 saturated carbocycles. The number of carboxylic acid groups (broad SMARTS) is 2. The molecule has 0 aromatic rings. The number of rotatable bonds is 5. The van der Waals surface area contributed by atoms with Gasteiger partial charge in [0.2, 0.25) is 0 Å². The smallest absolute Gasteiger partial charge is 0.333 e. The molecule has 2 unspecified atom stereocenters. The van der Waals surface area contributed by atoms with Crippen molar-refractivity contribution < 1.29 is 24.5 Å². The summed E-state index contributed by atoms with van der Waals surface area (Å²) in [6, 6.07) is 0. The van der Waals surface area contributed by atoms with E-state index in [1.807, 2.05) is 0 Å². The molecule has 0 spiro atoms. The number of ether oxygens (including phenoxy) is 1. The summed E-state index contributed by atoms with van der Waals surface area (Å²) in [6.07, 6.45) is -2.75. The second-order valence-corrected chi connectivity index (χ2v) is 2.27. The van der Waals surface area contributed by atoms with Crippen molar-refractivity contribution in [2.24, 2.45) is 5.73 Å². The lowest BCUT2D eigenvalue weighted by atomic mass is 10.2. The summed E-state index contributed by atoms with van der Waals surface area (Å²) in [5, 5.41) is 16.7. The van der Waals surface area contributed by atoms with Crippen molar-refractivity contribution in [3.63, 3.8) is 0 Å². The molecule has 0 fully saturated rings. The molecule has 0 rings (SSSR count).